The smallest absolute Gasteiger partial charge is 0.196 e. The minimum absolute atomic E-state index is 0. The van der Waals surface area contributed by atoms with E-state index in [0.717, 1.165) is 53.1 Å². The van der Waals surface area contributed by atoms with Crippen molar-refractivity contribution in [2.24, 2.45) is 0 Å². The van der Waals surface area contributed by atoms with Crippen LogP contribution < -0.4 is 5.32 Å². The van der Waals surface area contributed by atoms with Gasteiger partial charge in [-0.2, -0.15) is 0 Å². The molecule has 0 bridgehead atoms. The number of para-hydroxylation sites is 1. The van der Waals surface area contributed by atoms with E-state index in [1.165, 1.54) is 0 Å². The molecular formula is C15H18ClN3O. The Morgan fingerprint density at radius 1 is 1.20 bits per heavy atom. The van der Waals surface area contributed by atoms with E-state index in [-0.39, 0.29) is 12.4 Å². The predicted octanol–water partition coefficient (Wildman–Crippen LogP) is 4.32. The van der Waals surface area contributed by atoms with Gasteiger partial charge in [0.1, 0.15) is 16.9 Å². The molecule has 0 amide bonds. The van der Waals surface area contributed by atoms with Gasteiger partial charge in [0, 0.05) is 11.9 Å². The summed E-state index contributed by atoms with van der Waals surface area (Å²) >= 11 is 0. The first-order chi connectivity index (χ1) is 9.29. The molecule has 1 N–H and O–H groups in total. The van der Waals surface area contributed by atoms with Crippen molar-refractivity contribution in [3.8, 4) is 0 Å². The van der Waals surface area contributed by atoms with Crippen LogP contribution in [0.25, 0.3) is 22.1 Å². The molecule has 0 aliphatic heterocycles. The molecule has 2 aromatic heterocycles. The largest absolute Gasteiger partial charge is 0.450 e. The third kappa shape index (κ3) is 2.56. The standard InChI is InChI=1S/C15H17N3O.ClH/c1-3-4-9-16-15-14-13(17-10(2)18-15)11-7-5-6-8-12(11)19-14;/h5-8H,3-4,9H2,1-2H3,(H,16,17,18);1H. The number of fused-ring (bicyclic) bond motifs is 3. The van der Waals surface area contributed by atoms with Crippen LogP contribution >= 0.6 is 12.4 Å². The van der Waals surface area contributed by atoms with Crippen molar-refractivity contribution >= 4 is 40.3 Å². The van der Waals surface area contributed by atoms with E-state index in [0.29, 0.717) is 0 Å². The van der Waals surface area contributed by atoms with Crippen molar-refractivity contribution in [3.63, 3.8) is 0 Å². The lowest BCUT2D eigenvalue weighted by Gasteiger charge is -2.05. The molecule has 0 saturated carbocycles. The number of aryl methyl sites for hydroxylation is 1. The molecule has 0 aliphatic rings. The molecule has 0 radical (unpaired) electrons. The highest BCUT2D eigenvalue weighted by atomic mass is 35.5. The number of halogens is 1. The Hall–Kier alpha value is -1.81. The minimum atomic E-state index is 0. The van der Waals surface area contributed by atoms with Crippen LogP contribution in [0.4, 0.5) is 5.82 Å². The average Bonchev–Trinajstić information content (AvgIpc) is 2.78. The monoisotopic (exact) mass is 291 g/mol. The first-order valence-electron chi connectivity index (χ1n) is 6.69. The van der Waals surface area contributed by atoms with Gasteiger partial charge in [0.15, 0.2) is 11.4 Å². The Labute approximate surface area is 124 Å². The van der Waals surface area contributed by atoms with E-state index >= 15 is 0 Å². The number of hydrogen-bond acceptors (Lipinski definition) is 4. The summed E-state index contributed by atoms with van der Waals surface area (Å²) in [7, 11) is 0. The first kappa shape index (κ1) is 14.6. The van der Waals surface area contributed by atoms with Crippen molar-refractivity contribution < 1.29 is 4.42 Å². The van der Waals surface area contributed by atoms with Crippen molar-refractivity contribution in [3.05, 3.63) is 30.1 Å². The normalized spacial score (nSPS) is 10.7. The highest BCUT2D eigenvalue weighted by Gasteiger charge is 2.13. The van der Waals surface area contributed by atoms with Crippen LogP contribution in [-0.2, 0) is 0 Å². The Bertz CT molecular complexity index is 724. The fourth-order valence-corrected chi connectivity index (χ4v) is 2.21. The van der Waals surface area contributed by atoms with Crippen LogP contribution in [-0.4, -0.2) is 16.5 Å². The second kappa shape index (κ2) is 6.09. The van der Waals surface area contributed by atoms with Gasteiger partial charge in [0.2, 0.25) is 0 Å². The van der Waals surface area contributed by atoms with Gasteiger partial charge in [-0.25, -0.2) is 9.97 Å². The second-order valence-corrected chi connectivity index (χ2v) is 4.68. The minimum Gasteiger partial charge on any atom is -0.450 e. The molecule has 0 unspecified atom stereocenters. The summed E-state index contributed by atoms with van der Waals surface area (Å²) in [6, 6.07) is 7.96. The number of furan rings is 1. The molecule has 0 fully saturated rings. The van der Waals surface area contributed by atoms with Crippen molar-refractivity contribution in [1.29, 1.82) is 0 Å². The van der Waals surface area contributed by atoms with Gasteiger partial charge in [-0.05, 0) is 25.5 Å². The molecule has 106 valence electrons. The SMILES string of the molecule is CCCCNc1nc(C)nc2c1oc1ccccc12.Cl. The summed E-state index contributed by atoms with van der Waals surface area (Å²) in [6.07, 6.45) is 2.27. The number of unbranched alkanes of at least 4 members (excludes halogenated alkanes) is 1. The molecule has 3 aromatic rings. The van der Waals surface area contributed by atoms with Gasteiger partial charge < -0.3 is 9.73 Å². The summed E-state index contributed by atoms with van der Waals surface area (Å²) in [5.41, 5.74) is 2.50. The van der Waals surface area contributed by atoms with Gasteiger partial charge in [0.25, 0.3) is 0 Å². The van der Waals surface area contributed by atoms with Crippen LogP contribution in [0.3, 0.4) is 0 Å². The Balaban J connectivity index is 0.00000147. The van der Waals surface area contributed by atoms with Crippen LogP contribution in [0.2, 0.25) is 0 Å². The van der Waals surface area contributed by atoms with E-state index in [2.05, 4.69) is 22.2 Å². The maximum absolute atomic E-state index is 5.88. The van der Waals surface area contributed by atoms with Gasteiger partial charge in [-0.15, -0.1) is 12.4 Å². The molecule has 4 nitrogen and oxygen atoms in total. The van der Waals surface area contributed by atoms with Crippen LogP contribution in [0.5, 0.6) is 0 Å². The summed E-state index contributed by atoms with van der Waals surface area (Å²) in [5, 5.41) is 4.39. The lowest BCUT2D eigenvalue weighted by Crippen LogP contribution is -2.04. The predicted molar refractivity (Wildman–Crippen MR) is 84.7 cm³/mol. The summed E-state index contributed by atoms with van der Waals surface area (Å²) in [6.45, 7) is 4.98. The highest BCUT2D eigenvalue weighted by molar-refractivity contribution is 6.05. The molecule has 3 rings (SSSR count). The zero-order valence-electron chi connectivity index (χ0n) is 11.6. The number of nitrogens with one attached hydrogen (secondary N) is 1. The van der Waals surface area contributed by atoms with Crippen LogP contribution in [0.15, 0.2) is 28.7 Å². The lowest BCUT2D eigenvalue weighted by atomic mass is 10.2. The Morgan fingerprint density at radius 2 is 2.00 bits per heavy atom. The van der Waals surface area contributed by atoms with Crippen LogP contribution in [0.1, 0.15) is 25.6 Å². The summed E-state index contributed by atoms with van der Waals surface area (Å²) in [5.74, 6) is 1.56. The topological polar surface area (TPSA) is 51.0 Å². The average molecular weight is 292 g/mol. The second-order valence-electron chi connectivity index (χ2n) is 4.68. The maximum atomic E-state index is 5.88. The molecule has 0 saturated heterocycles. The highest BCUT2D eigenvalue weighted by Crippen LogP contribution is 2.30. The molecular weight excluding hydrogens is 274 g/mol. The van der Waals surface area contributed by atoms with E-state index in [1.54, 1.807) is 0 Å². The molecule has 5 heteroatoms. The quantitative estimate of drug-likeness (QED) is 0.727. The zero-order valence-corrected chi connectivity index (χ0v) is 12.5. The number of anilines is 1. The van der Waals surface area contributed by atoms with E-state index in [9.17, 15) is 0 Å². The Morgan fingerprint density at radius 3 is 2.80 bits per heavy atom. The van der Waals surface area contributed by atoms with Crippen molar-refractivity contribution in [2.75, 3.05) is 11.9 Å². The maximum Gasteiger partial charge on any atom is 0.196 e. The molecule has 20 heavy (non-hydrogen) atoms. The van der Waals surface area contributed by atoms with E-state index < -0.39 is 0 Å². The summed E-state index contributed by atoms with van der Waals surface area (Å²) in [4.78, 5) is 8.96. The van der Waals surface area contributed by atoms with E-state index in [1.807, 2.05) is 31.2 Å². The Kier molecular flexibility index (Phi) is 4.45. The first-order valence-corrected chi connectivity index (χ1v) is 6.69. The number of hydrogen-bond donors (Lipinski definition) is 1. The molecule has 0 atom stereocenters. The molecule has 0 aliphatic carbocycles. The van der Waals surface area contributed by atoms with E-state index in [4.69, 9.17) is 4.42 Å². The third-order valence-electron chi connectivity index (χ3n) is 3.15. The van der Waals surface area contributed by atoms with Crippen molar-refractivity contribution in [2.45, 2.75) is 26.7 Å². The number of rotatable bonds is 4. The molecule has 1 aromatic carbocycles. The van der Waals surface area contributed by atoms with Gasteiger partial charge in [-0.3, -0.25) is 0 Å². The molecule has 0 spiro atoms. The fraction of sp³-hybridized carbons (Fsp3) is 0.333. The fourth-order valence-electron chi connectivity index (χ4n) is 2.21. The van der Waals surface area contributed by atoms with Gasteiger partial charge in [-0.1, -0.05) is 25.5 Å². The van der Waals surface area contributed by atoms with Gasteiger partial charge >= 0.3 is 0 Å². The molecule has 2 heterocycles. The summed E-state index contributed by atoms with van der Waals surface area (Å²) < 4.78 is 5.88. The lowest BCUT2D eigenvalue weighted by molar-refractivity contribution is 0.665. The number of aromatic nitrogens is 2. The number of benzene rings is 1. The van der Waals surface area contributed by atoms with Crippen molar-refractivity contribution in [1.82, 2.24) is 9.97 Å². The zero-order chi connectivity index (χ0) is 13.2. The third-order valence-corrected chi connectivity index (χ3v) is 3.15. The van der Waals surface area contributed by atoms with Gasteiger partial charge in [0.05, 0.1) is 0 Å². The van der Waals surface area contributed by atoms with Crippen LogP contribution in [0, 0.1) is 6.92 Å². The number of nitrogens with zero attached hydrogens (tertiary/aromatic N) is 2.